The number of carbonyl (C=O) groups excluding carboxylic acids is 3. The molecular formula is C94H107ClN12O12S2. The third kappa shape index (κ3) is 25.1. The maximum atomic E-state index is 12.6. The molecule has 0 aliphatic carbocycles. The second-order valence-corrected chi connectivity index (χ2v) is 28.6. The third-order valence-corrected chi connectivity index (χ3v) is 20.5. The largest absolute Gasteiger partial charge is 0.494 e. The van der Waals surface area contributed by atoms with Gasteiger partial charge in [0.15, 0.2) is 22.8 Å². The fourth-order valence-corrected chi connectivity index (χ4v) is 14.2. The quantitative estimate of drug-likeness (QED) is 0.0187. The molecular weight excluding hydrogens is 1590 g/mol. The minimum absolute atomic E-state index is 0. The summed E-state index contributed by atoms with van der Waals surface area (Å²) in [5.74, 6) is 2.06. The number of thiocarbonyl (C=S) groups is 2. The smallest absolute Gasteiger partial charge is 0.252 e. The summed E-state index contributed by atoms with van der Waals surface area (Å²) in [5, 5.41) is 27.7. The van der Waals surface area contributed by atoms with E-state index in [9.17, 15) is 14.4 Å². The number of hydrogen-bond donors (Lipinski definition) is 6. The highest BCUT2D eigenvalue weighted by atomic mass is 35.5. The molecule has 4 saturated heterocycles. The Kier molecular flexibility index (Phi) is 36.7. The number of amides is 3. The van der Waals surface area contributed by atoms with E-state index in [-0.39, 0.29) is 91.2 Å². The zero-order chi connectivity index (χ0) is 81.1. The molecule has 4 fully saturated rings. The molecule has 12 aromatic rings. The number of pyridine rings is 6. The number of aliphatic hydroxyl groups is 2. The summed E-state index contributed by atoms with van der Waals surface area (Å²) in [5.41, 5.74) is 21.4. The molecule has 0 radical (unpaired) electrons. The standard InChI is InChI=1S/C32H32N4O4S.C31H34N4O4.C27H24N4O3S.CH4O.3CH4.ClH/c37-30-21-34-32(41)36(30)29-19-28(35-27-14-15-33-20-26(27)29)24-8-6-22(7-9-24)23-10-12-25(13-11-23)38-16-3-4-18-40-31-5-1-2-17-39-31;32-20-30(36)35-29-19-28(34-27-14-15-33-21-26(27)29)24-8-6-22(7-9-24)23-10-12-25(13-11-23)37-16-3-4-18-39-31-5-1-2-17-38-31;32-13-1-2-14-34-21-9-7-19(8-10-21)18-3-5-20(6-4-18)24-15-25(31-26(33)17-29-27(31)35)22-16-28-12-11-23(22)30-24;1-2;;;;/h6-15,19-20,31H,1-5,16-18,21H2,(H,34,41);6-15,19,21,31H,1-5,16-18,20,32H2,(H,34,35,36);3-12,15-16,32H,1-2,13-14,17H2,(H,29,35);2H,1H3;3*1H4;1H. The number of hydrogen-bond acceptors (Lipinski definition) is 21. The van der Waals surface area contributed by atoms with Crippen LogP contribution in [0, 0.1) is 0 Å². The fourth-order valence-electron chi connectivity index (χ4n) is 13.7. The molecule has 27 heteroatoms. The zero-order valence-corrected chi connectivity index (χ0v) is 68.0. The molecule has 0 spiro atoms. The van der Waals surface area contributed by atoms with Gasteiger partial charge in [-0.1, -0.05) is 131 Å². The van der Waals surface area contributed by atoms with Gasteiger partial charge in [0.1, 0.15) is 17.2 Å². The van der Waals surface area contributed by atoms with Crippen LogP contribution in [0.5, 0.6) is 17.2 Å². The van der Waals surface area contributed by atoms with Gasteiger partial charge in [-0.15, -0.1) is 12.4 Å². The summed E-state index contributed by atoms with van der Waals surface area (Å²) < 4.78 is 40.3. The minimum atomic E-state index is -0.265. The molecule has 7 N–H and O–H groups in total. The highest BCUT2D eigenvalue weighted by Crippen LogP contribution is 2.37. The fraction of sp³-hybridized carbons (Fsp3) is 0.309. The van der Waals surface area contributed by atoms with Crippen molar-refractivity contribution in [1.82, 2.24) is 40.5 Å². The number of unbranched alkanes of at least 4 members (excludes halogenated alkanes) is 3. The van der Waals surface area contributed by atoms with Crippen molar-refractivity contribution in [3.05, 3.63) is 219 Å². The normalized spacial score (nSPS) is 14.6. The van der Waals surface area contributed by atoms with E-state index in [4.69, 9.17) is 88.5 Å². The highest BCUT2D eigenvalue weighted by molar-refractivity contribution is 7.80. The average Bonchev–Trinajstić information content (AvgIpc) is 1.76. The first kappa shape index (κ1) is 93.5. The molecule has 0 bridgehead atoms. The van der Waals surface area contributed by atoms with Gasteiger partial charge in [-0.05, 0) is 208 Å². The molecule has 4 aliphatic heterocycles. The van der Waals surface area contributed by atoms with Crippen LogP contribution in [0.1, 0.15) is 99.3 Å². The summed E-state index contributed by atoms with van der Waals surface area (Å²) in [6.45, 7) is 5.40. The van der Waals surface area contributed by atoms with Crippen LogP contribution < -0.4 is 45.7 Å². The van der Waals surface area contributed by atoms with Gasteiger partial charge in [-0.3, -0.25) is 39.1 Å². The van der Waals surface area contributed by atoms with E-state index in [1.807, 2.05) is 121 Å². The van der Waals surface area contributed by atoms with Crippen molar-refractivity contribution in [2.45, 2.75) is 112 Å². The van der Waals surface area contributed by atoms with Crippen molar-refractivity contribution in [2.75, 3.05) is 94.7 Å². The van der Waals surface area contributed by atoms with E-state index >= 15 is 0 Å². The van der Waals surface area contributed by atoms with Crippen LogP contribution in [0.25, 0.3) is 99.9 Å². The Bertz CT molecular complexity index is 5290. The van der Waals surface area contributed by atoms with Gasteiger partial charge < -0.3 is 65.1 Å². The molecule has 6 aromatic carbocycles. The van der Waals surface area contributed by atoms with Crippen LogP contribution in [0.3, 0.4) is 0 Å². The van der Waals surface area contributed by atoms with E-state index in [1.54, 1.807) is 37.2 Å². The van der Waals surface area contributed by atoms with Gasteiger partial charge in [0.2, 0.25) is 5.91 Å². The zero-order valence-electron chi connectivity index (χ0n) is 65.6. The van der Waals surface area contributed by atoms with E-state index < -0.39 is 0 Å². The number of nitrogens with two attached hydrogens (primary N) is 1. The van der Waals surface area contributed by atoms with Gasteiger partial charge in [-0.25, -0.2) is 15.0 Å². The minimum Gasteiger partial charge on any atom is -0.494 e. The number of ether oxygens (including phenoxy) is 7. The Balaban J connectivity index is 0.000000201. The summed E-state index contributed by atoms with van der Waals surface area (Å²) in [7, 11) is 1.00. The van der Waals surface area contributed by atoms with Crippen LogP contribution in [0.15, 0.2) is 219 Å². The van der Waals surface area contributed by atoms with Crippen molar-refractivity contribution >= 4 is 115 Å². The summed E-state index contributed by atoms with van der Waals surface area (Å²) >= 11 is 10.8. The average molecular weight is 1700 g/mol. The van der Waals surface area contributed by atoms with Gasteiger partial charge in [0, 0.05) is 110 Å². The van der Waals surface area contributed by atoms with E-state index in [2.05, 4.69) is 91.6 Å². The monoisotopic (exact) mass is 1690 g/mol. The lowest BCUT2D eigenvalue weighted by atomic mass is 10.0. The number of anilines is 3. The van der Waals surface area contributed by atoms with Crippen molar-refractivity contribution in [1.29, 1.82) is 0 Å². The van der Waals surface area contributed by atoms with E-state index in [1.165, 1.54) is 22.6 Å². The number of fused-ring (bicyclic) bond motifs is 3. The van der Waals surface area contributed by atoms with Crippen molar-refractivity contribution in [3.8, 4) is 84.4 Å². The predicted molar refractivity (Wildman–Crippen MR) is 491 cm³/mol. The Labute approximate surface area is 724 Å². The number of rotatable bonds is 29. The van der Waals surface area contributed by atoms with Crippen LogP contribution in [-0.4, -0.2) is 160 Å². The molecule has 3 amide bonds. The Morgan fingerprint density at radius 2 is 0.785 bits per heavy atom. The molecule has 6 aromatic heterocycles. The predicted octanol–water partition coefficient (Wildman–Crippen LogP) is 17.7. The van der Waals surface area contributed by atoms with Gasteiger partial charge in [0.05, 0.1) is 90.1 Å². The van der Waals surface area contributed by atoms with Gasteiger partial charge in [0.25, 0.3) is 11.8 Å². The number of benzene rings is 6. The first-order valence-electron chi connectivity index (χ1n) is 39.5. The topological polar surface area (TPSA) is 302 Å². The molecule has 0 saturated carbocycles. The first-order chi connectivity index (χ1) is 57.5. The Morgan fingerprint density at radius 3 is 1.12 bits per heavy atom. The highest BCUT2D eigenvalue weighted by Gasteiger charge is 2.31. The number of nitrogens with zero attached hydrogens (tertiary/aromatic N) is 8. The van der Waals surface area contributed by atoms with Crippen molar-refractivity contribution < 1.29 is 57.8 Å². The molecule has 16 rings (SSSR count). The lowest BCUT2D eigenvalue weighted by Gasteiger charge is -2.22. The molecule has 121 heavy (non-hydrogen) atoms. The van der Waals surface area contributed by atoms with Gasteiger partial charge >= 0.3 is 0 Å². The lowest BCUT2D eigenvalue weighted by Crippen LogP contribution is -2.30. The molecule has 634 valence electrons. The summed E-state index contributed by atoms with van der Waals surface area (Å²) in [6.07, 6.45) is 22.1. The molecule has 2 unspecified atom stereocenters. The SMILES string of the molecule is C.C.C.CO.Cl.NCC(=O)Nc1cc(-c2ccc(-c3ccc(OCCCCOC4CCCCO4)cc3)cc2)nc2ccncc12.O=C1CNC(=S)N1c1cc(-c2ccc(-c3ccc(OCCCCO)cc3)cc2)nc2ccncc12.O=C1CNC(=S)N1c1cc(-c2ccc(-c3ccc(OCCCCOC4CCCCO4)cc3)cc2)nc2ccncc12. The third-order valence-electron chi connectivity index (χ3n) is 19.8. The van der Waals surface area contributed by atoms with Crippen molar-refractivity contribution in [2.24, 2.45) is 5.73 Å². The van der Waals surface area contributed by atoms with Crippen LogP contribution in [0.2, 0.25) is 0 Å². The number of nitrogens with one attached hydrogen (secondary N) is 3. The number of carbonyl (C=O) groups is 3. The number of aromatic nitrogens is 6. The molecule has 4 aliphatic rings. The molecule has 2 atom stereocenters. The molecule has 10 heterocycles. The van der Waals surface area contributed by atoms with Crippen LogP contribution in [0.4, 0.5) is 17.1 Å². The van der Waals surface area contributed by atoms with Gasteiger partial charge in [-0.2, -0.15) is 0 Å². The van der Waals surface area contributed by atoms with E-state index in [0.29, 0.717) is 60.3 Å². The first-order valence-corrected chi connectivity index (χ1v) is 40.3. The Morgan fingerprint density at radius 1 is 0.463 bits per heavy atom. The molecule has 24 nitrogen and oxygen atoms in total. The summed E-state index contributed by atoms with van der Waals surface area (Å²) in [6, 6.07) is 60.0. The summed E-state index contributed by atoms with van der Waals surface area (Å²) in [4.78, 5) is 67.1. The maximum Gasteiger partial charge on any atom is 0.252 e. The lowest BCUT2D eigenvalue weighted by molar-refractivity contribution is -0.163. The van der Waals surface area contributed by atoms with Crippen LogP contribution >= 0.6 is 36.8 Å². The second kappa shape index (κ2) is 47.6. The Hall–Kier alpha value is -11.4. The number of aliphatic hydroxyl groups excluding tert-OH is 2. The second-order valence-electron chi connectivity index (χ2n) is 27.8. The van der Waals surface area contributed by atoms with E-state index in [0.717, 1.165) is 202 Å². The van der Waals surface area contributed by atoms with Crippen LogP contribution in [-0.2, 0) is 33.3 Å². The number of halogens is 1. The van der Waals surface area contributed by atoms with Crippen molar-refractivity contribution in [3.63, 3.8) is 0 Å². The maximum absolute atomic E-state index is 12.6.